The van der Waals surface area contributed by atoms with E-state index in [0.29, 0.717) is 18.7 Å². The second-order valence-corrected chi connectivity index (χ2v) is 9.35. The summed E-state index contributed by atoms with van der Waals surface area (Å²) in [7, 11) is 0. The van der Waals surface area contributed by atoms with E-state index in [4.69, 9.17) is 0 Å². The average molecular weight is 478 g/mol. The maximum absolute atomic E-state index is 13.2. The standard InChI is InChI=1S/C28H32FN3O3/c29-23-15-13-21(14-16-23)27(34)30-24-10-4-5-11-25(24)31-28(35)22-9-6-18-32(19-22)26(33)17-12-20-7-2-1-3-8-20/h1-3,7-8,12-17,22,24-25H,4-6,9-11,18-19H2,(H,30,34)(H,31,35)/b17-12+/t22?,24-,25-/m1/s1. The Hall–Kier alpha value is -3.48. The largest absolute Gasteiger partial charge is 0.351 e. The molecular weight excluding hydrogens is 445 g/mol. The molecule has 0 bridgehead atoms. The summed E-state index contributed by atoms with van der Waals surface area (Å²) in [5, 5.41) is 6.17. The minimum atomic E-state index is -0.389. The van der Waals surface area contributed by atoms with Crippen LogP contribution >= 0.6 is 0 Å². The molecule has 1 heterocycles. The zero-order valence-corrected chi connectivity index (χ0v) is 19.8. The van der Waals surface area contributed by atoms with Crippen LogP contribution < -0.4 is 10.6 Å². The van der Waals surface area contributed by atoms with Crippen LogP contribution in [0.1, 0.15) is 54.4 Å². The van der Waals surface area contributed by atoms with Gasteiger partial charge in [0.05, 0.1) is 5.92 Å². The molecule has 3 amide bonds. The molecule has 0 spiro atoms. The van der Waals surface area contributed by atoms with Crippen LogP contribution in [0, 0.1) is 11.7 Å². The highest BCUT2D eigenvalue weighted by atomic mass is 19.1. The maximum atomic E-state index is 13.2. The number of halogens is 1. The second-order valence-electron chi connectivity index (χ2n) is 9.35. The third kappa shape index (κ3) is 6.78. The first-order valence-corrected chi connectivity index (χ1v) is 12.4. The van der Waals surface area contributed by atoms with E-state index in [1.54, 1.807) is 17.1 Å². The summed E-state index contributed by atoms with van der Waals surface area (Å²) in [6, 6.07) is 14.8. The number of carbonyl (C=O) groups excluding carboxylic acids is 3. The molecule has 2 N–H and O–H groups in total. The predicted molar refractivity (Wildman–Crippen MR) is 133 cm³/mol. The predicted octanol–water partition coefficient (Wildman–Crippen LogP) is 3.93. The fourth-order valence-corrected chi connectivity index (χ4v) is 4.86. The van der Waals surface area contributed by atoms with Gasteiger partial charge in [0.1, 0.15) is 5.82 Å². The normalized spacial score (nSPS) is 22.5. The van der Waals surface area contributed by atoms with Gasteiger partial charge < -0.3 is 15.5 Å². The molecule has 0 aromatic heterocycles. The van der Waals surface area contributed by atoms with E-state index in [9.17, 15) is 18.8 Å². The Balaban J connectivity index is 1.33. The van der Waals surface area contributed by atoms with E-state index in [-0.39, 0.29) is 41.5 Å². The molecule has 2 aromatic carbocycles. The Morgan fingerprint density at radius 3 is 2.26 bits per heavy atom. The summed E-state index contributed by atoms with van der Waals surface area (Å²) < 4.78 is 13.2. The highest BCUT2D eigenvalue weighted by Gasteiger charge is 2.32. The van der Waals surface area contributed by atoms with Crippen molar-refractivity contribution in [3.63, 3.8) is 0 Å². The highest BCUT2D eigenvalue weighted by molar-refractivity contribution is 5.94. The van der Waals surface area contributed by atoms with Gasteiger partial charge in [-0.15, -0.1) is 0 Å². The van der Waals surface area contributed by atoms with Crippen LogP contribution in [0.2, 0.25) is 0 Å². The first-order valence-electron chi connectivity index (χ1n) is 12.4. The van der Waals surface area contributed by atoms with E-state index in [2.05, 4.69) is 10.6 Å². The van der Waals surface area contributed by atoms with Gasteiger partial charge in [0.15, 0.2) is 0 Å². The molecular formula is C28H32FN3O3. The van der Waals surface area contributed by atoms with Crippen molar-refractivity contribution in [3.8, 4) is 0 Å². The molecule has 35 heavy (non-hydrogen) atoms. The molecule has 2 aromatic rings. The number of carbonyl (C=O) groups is 3. The molecule has 4 rings (SSSR count). The third-order valence-electron chi connectivity index (χ3n) is 6.84. The number of nitrogens with zero attached hydrogens (tertiary/aromatic N) is 1. The molecule has 1 aliphatic heterocycles. The fourth-order valence-electron chi connectivity index (χ4n) is 4.86. The van der Waals surface area contributed by atoms with Crippen molar-refractivity contribution >= 4 is 23.8 Å². The number of hydrogen-bond donors (Lipinski definition) is 2. The van der Waals surface area contributed by atoms with Gasteiger partial charge in [-0.25, -0.2) is 4.39 Å². The van der Waals surface area contributed by atoms with Crippen molar-refractivity contribution in [2.45, 2.75) is 50.6 Å². The van der Waals surface area contributed by atoms with Gasteiger partial charge in [-0.1, -0.05) is 43.2 Å². The molecule has 3 atom stereocenters. The lowest BCUT2D eigenvalue weighted by Gasteiger charge is -2.36. The molecule has 2 fully saturated rings. The summed E-state index contributed by atoms with van der Waals surface area (Å²) >= 11 is 0. The van der Waals surface area contributed by atoms with Crippen molar-refractivity contribution in [2.75, 3.05) is 13.1 Å². The van der Waals surface area contributed by atoms with Gasteiger partial charge >= 0.3 is 0 Å². The number of nitrogens with one attached hydrogen (secondary N) is 2. The fraction of sp³-hybridized carbons (Fsp3) is 0.393. The lowest BCUT2D eigenvalue weighted by molar-refractivity contribution is -0.132. The first-order chi connectivity index (χ1) is 17.0. The van der Waals surface area contributed by atoms with Crippen molar-refractivity contribution in [1.82, 2.24) is 15.5 Å². The van der Waals surface area contributed by atoms with E-state index < -0.39 is 0 Å². The Kier molecular flexibility index (Phi) is 8.29. The quantitative estimate of drug-likeness (QED) is 0.619. The number of rotatable bonds is 6. The number of likely N-dealkylation sites (tertiary alicyclic amines) is 1. The van der Waals surface area contributed by atoms with Crippen LogP contribution in [-0.2, 0) is 9.59 Å². The Morgan fingerprint density at radius 1 is 0.857 bits per heavy atom. The van der Waals surface area contributed by atoms with Crippen LogP contribution in [0.3, 0.4) is 0 Å². The van der Waals surface area contributed by atoms with Gasteiger partial charge in [0.2, 0.25) is 11.8 Å². The number of hydrogen-bond acceptors (Lipinski definition) is 3. The number of benzene rings is 2. The summed E-state index contributed by atoms with van der Waals surface area (Å²) in [6.45, 7) is 1.03. The molecule has 1 saturated heterocycles. The lowest BCUT2D eigenvalue weighted by atomic mass is 9.88. The van der Waals surface area contributed by atoms with Crippen LogP contribution in [0.25, 0.3) is 6.08 Å². The van der Waals surface area contributed by atoms with Crippen LogP contribution in [-0.4, -0.2) is 47.8 Å². The van der Waals surface area contributed by atoms with E-state index in [1.807, 2.05) is 30.3 Å². The molecule has 184 valence electrons. The average Bonchev–Trinajstić information content (AvgIpc) is 2.89. The summed E-state index contributed by atoms with van der Waals surface area (Å²) in [6.07, 6.45) is 8.39. The number of amides is 3. The van der Waals surface area contributed by atoms with Crippen LogP contribution in [0.4, 0.5) is 4.39 Å². The van der Waals surface area contributed by atoms with Gasteiger partial charge in [0, 0.05) is 36.8 Å². The van der Waals surface area contributed by atoms with Gasteiger partial charge in [0.25, 0.3) is 5.91 Å². The van der Waals surface area contributed by atoms with Crippen molar-refractivity contribution in [1.29, 1.82) is 0 Å². The molecule has 6 nitrogen and oxygen atoms in total. The minimum absolute atomic E-state index is 0.0672. The summed E-state index contributed by atoms with van der Waals surface area (Å²) in [5.74, 6) is -1.08. The minimum Gasteiger partial charge on any atom is -0.351 e. The Bertz CT molecular complexity index is 1050. The van der Waals surface area contributed by atoms with Crippen molar-refractivity contribution in [2.24, 2.45) is 5.92 Å². The molecule has 1 unspecified atom stereocenters. The van der Waals surface area contributed by atoms with Gasteiger partial charge in [-0.3, -0.25) is 14.4 Å². The molecule has 1 saturated carbocycles. The first kappa shape index (κ1) is 24.6. The Morgan fingerprint density at radius 2 is 1.54 bits per heavy atom. The second kappa shape index (κ2) is 11.8. The van der Waals surface area contributed by atoms with Crippen LogP contribution in [0.15, 0.2) is 60.7 Å². The van der Waals surface area contributed by atoms with Crippen molar-refractivity contribution < 1.29 is 18.8 Å². The van der Waals surface area contributed by atoms with Crippen LogP contribution in [0.5, 0.6) is 0 Å². The van der Waals surface area contributed by atoms with E-state index in [0.717, 1.165) is 44.1 Å². The molecule has 2 aliphatic rings. The highest BCUT2D eigenvalue weighted by Crippen LogP contribution is 2.22. The molecule has 7 heteroatoms. The lowest BCUT2D eigenvalue weighted by Crippen LogP contribution is -2.55. The Labute approximate surface area is 205 Å². The third-order valence-corrected chi connectivity index (χ3v) is 6.84. The van der Waals surface area contributed by atoms with E-state index >= 15 is 0 Å². The number of piperidine rings is 1. The zero-order valence-electron chi connectivity index (χ0n) is 19.8. The van der Waals surface area contributed by atoms with E-state index in [1.165, 1.54) is 24.3 Å². The maximum Gasteiger partial charge on any atom is 0.251 e. The summed E-state index contributed by atoms with van der Waals surface area (Å²) in [5.41, 5.74) is 1.35. The monoisotopic (exact) mass is 477 g/mol. The molecule has 1 aliphatic carbocycles. The zero-order chi connectivity index (χ0) is 24.6. The van der Waals surface area contributed by atoms with Gasteiger partial charge in [-0.05, 0) is 61.6 Å². The van der Waals surface area contributed by atoms with Crippen molar-refractivity contribution in [3.05, 3.63) is 77.6 Å². The summed E-state index contributed by atoms with van der Waals surface area (Å²) in [4.78, 5) is 40.2. The SMILES string of the molecule is O=C(N[C@@H]1CCCC[C@H]1NC(=O)C1CCCN(C(=O)/C=C/c2ccccc2)C1)c1ccc(F)cc1. The topological polar surface area (TPSA) is 78.5 Å². The molecule has 0 radical (unpaired) electrons. The smallest absolute Gasteiger partial charge is 0.251 e. The van der Waals surface area contributed by atoms with Gasteiger partial charge in [-0.2, -0.15) is 0 Å².